The predicted molar refractivity (Wildman–Crippen MR) is 85.1 cm³/mol. The van der Waals surface area contributed by atoms with Crippen LogP contribution < -0.4 is 5.32 Å². The van der Waals surface area contributed by atoms with Gasteiger partial charge in [0, 0.05) is 23.0 Å². The highest BCUT2D eigenvalue weighted by atomic mass is 35.5. The fourth-order valence-electron chi connectivity index (χ4n) is 4.06. The van der Waals surface area contributed by atoms with E-state index in [1.807, 2.05) is 0 Å². The zero-order chi connectivity index (χ0) is 15.9. The summed E-state index contributed by atoms with van der Waals surface area (Å²) in [5, 5.41) is 8.05. The Bertz CT molecular complexity index is 699. The molecule has 2 aliphatic rings. The summed E-state index contributed by atoms with van der Waals surface area (Å²) in [6.45, 7) is 0.988. The number of halogens is 2. The van der Waals surface area contributed by atoms with Gasteiger partial charge in [0.25, 0.3) is 0 Å². The van der Waals surface area contributed by atoms with Crippen LogP contribution in [0.4, 0.5) is 4.39 Å². The number of nitrogens with zero attached hydrogens (tertiary/aromatic N) is 2. The minimum atomic E-state index is -0.333. The minimum absolute atomic E-state index is 0.0392. The van der Waals surface area contributed by atoms with Crippen molar-refractivity contribution in [2.24, 2.45) is 0 Å². The highest BCUT2D eigenvalue weighted by Gasteiger charge is 2.49. The second-order valence-electron chi connectivity index (χ2n) is 6.55. The van der Waals surface area contributed by atoms with Gasteiger partial charge < -0.3 is 9.84 Å². The van der Waals surface area contributed by atoms with Gasteiger partial charge in [0.2, 0.25) is 5.89 Å². The monoisotopic (exact) mass is 335 g/mol. The van der Waals surface area contributed by atoms with E-state index in [1.54, 1.807) is 12.1 Å². The van der Waals surface area contributed by atoms with Crippen LogP contribution in [-0.4, -0.2) is 22.7 Å². The van der Waals surface area contributed by atoms with E-state index >= 15 is 0 Å². The first-order chi connectivity index (χ1) is 11.2. The van der Waals surface area contributed by atoms with E-state index in [0.29, 0.717) is 28.3 Å². The molecule has 6 heteroatoms. The summed E-state index contributed by atoms with van der Waals surface area (Å²) in [7, 11) is 0. The Morgan fingerprint density at radius 2 is 2.26 bits per heavy atom. The van der Waals surface area contributed by atoms with Crippen LogP contribution in [0.2, 0.25) is 5.02 Å². The van der Waals surface area contributed by atoms with Gasteiger partial charge in [0.15, 0.2) is 5.82 Å². The molecule has 4 rings (SSSR count). The van der Waals surface area contributed by atoms with Crippen molar-refractivity contribution in [2.45, 2.75) is 50.0 Å². The molecule has 0 unspecified atom stereocenters. The molecule has 1 aliphatic carbocycles. The van der Waals surface area contributed by atoms with Gasteiger partial charge in [0.05, 0.1) is 5.41 Å². The highest BCUT2D eigenvalue weighted by Crippen LogP contribution is 2.44. The maximum Gasteiger partial charge on any atom is 0.234 e. The van der Waals surface area contributed by atoms with E-state index in [1.165, 1.54) is 18.9 Å². The molecular formula is C17H19ClFN3O. The third-order valence-electron chi connectivity index (χ3n) is 5.29. The number of hydrogen-bond donors (Lipinski definition) is 1. The van der Waals surface area contributed by atoms with Crippen molar-refractivity contribution in [3.63, 3.8) is 0 Å². The lowest BCUT2D eigenvalue weighted by atomic mass is 9.70. The summed E-state index contributed by atoms with van der Waals surface area (Å²) in [6.07, 6.45) is 5.94. The standard InChI is InChI=1S/C17H19ClFN3O/c18-12-4-3-5-13(19)11(12)10-15-21-16(23-22-15)17-7-2-1-6-14(17)20-9-8-17/h3-5,14,20H,1-2,6-10H2/t14-,17+/m0/s1. The average molecular weight is 336 g/mol. The second-order valence-corrected chi connectivity index (χ2v) is 6.96. The van der Waals surface area contributed by atoms with E-state index in [4.69, 9.17) is 16.1 Å². The maximum atomic E-state index is 13.9. The number of aromatic nitrogens is 2. The first-order valence-electron chi connectivity index (χ1n) is 8.18. The number of nitrogens with one attached hydrogen (secondary N) is 1. The van der Waals surface area contributed by atoms with E-state index in [0.717, 1.165) is 25.8 Å². The first-order valence-corrected chi connectivity index (χ1v) is 8.56. The maximum absolute atomic E-state index is 13.9. The first kappa shape index (κ1) is 15.1. The molecule has 2 heterocycles. The van der Waals surface area contributed by atoms with Crippen molar-refractivity contribution in [3.05, 3.63) is 46.3 Å². The Morgan fingerprint density at radius 3 is 3.13 bits per heavy atom. The van der Waals surface area contributed by atoms with Gasteiger partial charge in [-0.05, 0) is 37.9 Å². The normalized spacial score (nSPS) is 27.1. The number of hydrogen-bond acceptors (Lipinski definition) is 4. The quantitative estimate of drug-likeness (QED) is 0.930. The number of rotatable bonds is 3. The zero-order valence-corrected chi connectivity index (χ0v) is 13.6. The molecule has 0 spiro atoms. The molecule has 23 heavy (non-hydrogen) atoms. The third kappa shape index (κ3) is 2.56. The van der Waals surface area contributed by atoms with Gasteiger partial charge in [0.1, 0.15) is 5.82 Å². The molecule has 1 aromatic heterocycles. The van der Waals surface area contributed by atoms with Crippen molar-refractivity contribution in [2.75, 3.05) is 6.54 Å². The summed E-state index contributed by atoms with van der Waals surface area (Å²) in [5.74, 6) is 0.868. The summed E-state index contributed by atoms with van der Waals surface area (Å²) >= 11 is 6.09. The van der Waals surface area contributed by atoms with Crippen molar-refractivity contribution in [1.29, 1.82) is 0 Å². The van der Waals surface area contributed by atoms with Gasteiger partial charge in [-0.15, -0.1) is 0 Å². The van der Waals surface area contributed by atoms with Crippen LogP contribution in [0.25, 0.3) is 0 Å². The van der Waals surface area contributed by atoms with E-state index < -0.39 is 0 Å². The number of benzene rings is 1. The molecule has 1 aromatic carbocycles. The zero-order valence-electron chi connectivity index (χ0n) is 12.8. The molecular weight excluding hydrogens is 317 g/mol. The smallest absolute Gasteiger partial charge is 0.234 e. The Hall–Kier alpha value is -1.46. The Balaban J connectivity index is 1.62. The SMILES string of the molecule is Fc1cccc(Cl)c1Cc1noc([C@@]23CCCC[C@@H]2NCC3)n1. The van der Waals surface area contributed by atoms with E-state index in [9.17, 15) is 4.39 Å². The fraction of sp³-hybridized carbons (Fsp3) is 0.529. The van der Waals surface area contributed by atoms with E-state index in [2.05, 4.69) is 15.5 Å². The lowest BCUT2D eigenvalue weighted by Crippen LogP contribution is -2.43. The predicted octanol–water partition coefficient (Wildman–Crippen LogP) is 3.63. The lowest BCUT2D eigenvalue weighted by molar-refractivity contribution is 0.199. The largest absolute Gasteiger partial charge is 0.339 e. The molecule has 1 saturated carbocycles. The topological polar surface area (TPSA) is 51.0 Å². The van der Waals surface area contributed by atoms with Gasteiger partial charge in [-0.1, -0.05) is 35.7 Å². The molecule has 2 atom stereocenters. The van der Waals surface area contributed by atoms with E-state index in [-0.39, 0.29) is 17.7 Å². The van der Waals surface area contributed by atoms with Crippen LogP contribution in [-0.2, 0) is 11.8 Å². The van der Waals surface area contributed by atoms with Crippen LogP contribution in [0.3, 0.4) is 0 Å². The van der Waals surface area contributed by atoms with Crippen LogP contribution in [0.15, 0.2) is 22.7 Å². The van der Waals surface area contributed by atoms with Crippen molar-refractivity contribution < 1.29 is 8.91 Å². The van der Waals surface area contributed by atoms with Crippen LogP contribution in [0.5, 0.6) is 0 Å². The Kier molecular flexibility index (Phi) is 3.85. The fourth-order valence-corrected chi connectivity index (χ4v) is 4.29. The summed E-state index contributed by atoms with van der Waals surface area (Å²) in [5.41, 5.74) is 0.381. The molecule has 0 amide bonds. The summed E-state index contributed by atoms with van der Waals surface area (Å²) in [6, 6.07) is 5.09. The van der Waals surface area contributed by atoms with Gasteiger partial charge in [-0.2, -0.15) is 4.98 Å². The lowest BCUT2D eigenvalue weighted by Gasteiger charge is -2.35. The van der Waals surface area contributed by atoms with Gasteiger partial charge in [-0.25, -0.2) is 4.39 Å². The molecule has 2 fully saturated rings. The van der Waals surface area contributed by atoms with Crippen LogP contribution in [0, 0.1) is 5.82 Å². The van der Waals surface area contributed by atoms with Crippen LogP contribution >= 0.6 is 11.6 Å². The molecule has 122 valence electrons. The molecule has 1 N–H and O–H groups in total. The van der Waals surface area contributed by atoms with Gasteiger partial charge >= 0.3 is 0 Å². The van der Waals surface area contributed by atoms with Crippen LogP contribution in [0.1, 0.15) is 49.4 Å². The minimum Gasteiger partial charge on any atom is -0.339 e. The number of fused-ring (bicyclic) bond motifs is 1. The average Bonchev–Trinajstić information content (AvgIpc) is 3.18. The highest BCUT2D eigenvalue weighted by molar-refractivity contribution is 6.31. The molecule has 4 nitrogen and oxygen atoms in total. The molecule has 1 aliphatic heterocycles. The van der Waals surface area contributed by atoms with Crippen molar-refractivity contribution in [3.8, 4) is 0 Å². The van der Waals surface area contributed by atoms with Crippen molar-refractivity contribution in [1.82, 2.24) is 15.5 Å². The molecule has 0 radical (unpaired) electrons. The summed E-state index contributed by atoms with van der Waals surface area (Å²) in [4.78, 5) is 4.60. The Labute approximate surface area is 139 Å². The Morgan fingerprint density at radius 1 is 1.35 bits per heavy atom. The summed E-state index contributed by atoms with van der Waals surface area (Å²) < 4.78 is 19.5. The van der Waals surface area contributed by atoms with Gasteiger partial charge in [-0.3, -0.25) is 0 Å². The molecule has 1 saturated heterocycles. The molecule has 2 aromatic rings. The third-order valence-corrected chi connectivity index (χ3v) is 5.64. The molecule has 0 bridgehead atoms. The second kappa shape index (κ2) is 5.87. The van der Waals surface area contributed by atoms with Crippen molar-refractivity contribution >= 4 is 11.6 Å².